The molecule has 0 fully saturated rings. The molecular weight excluding hydrogens is 488 g/mol. The zero-order valence-electron chi connectivity index (χ0n) is 23.7. The van der Waals surface area contributed by atoms with E-state index >= 15 is 0 Å². The molecule has 0 radical (unpaired) electrons. The minimum Gasteiger partial charge on any atom is -0.456 e. The van der Waals surface area contributed by atoms with Crippen molar-refractivity contribution in [3.63, 3.8) is 0 Å². The van der Waals surface area contributed by atoms with Crippen LogP contribution >= 0.6 is 0 Å². The van der Waals surface area contributed by atoms with E-state index in [1.165, 1.54) is 0 Å². The quantitative estimate of drug-likeness (QED) is 0.256. The molecule has 0 aliphatic heterocycles. The number of amides is 2. The lowest BCUT2D eigenvalue weighted by Gasteiger charge is -2.20. The van der Waals surface area contributed by atoms with Gasteiger partial charge in [-0.2, -0.15) is 0 Å². The Labute approximate surface area is 230 Å². The van der Waals surface area contributed by atoms with E-state index in [2.05, 4.69) is 28.9 Å². The van der Waals surface area contributed by atoms with Crippen LogP contribution in [0.4, 0.5) is 10.5 Å². The van der Waals surface area contributed by atoms with Crippen LogP contribution in [0.1, 0.15) is 62.3 Å². The SMILES string of the molecule is CCCCc1nc2ccc(N(C)C(=O)NC)cc2n1Cc1ccc(-c2ccccc2C(=O)OC(C)(C)C)cc1. The van der Waals surface area contributed by atoms with Crippen LogP contribution in [0.25, 0.3) is 22.2 Å². The van der Waals surface area contributed by atoms with Gasteiger partial charge in [0, 0.05) is 32.7 Å². The highest BCUT2D eigenvalue weighted by Gasteiger charge is 2.21. The van der Waals surface area contributed by atoms with Crippen LogP contribution in [-0.2, 0) is 17.7 Å². The maximum absolute atomic E-state index is 12.9. The second-order valence-corrected chi connectivity index (χ2v) is 10.7. The number of urea groups is 1. The van der Waals surface area contributed by atoms with E-state index < -0.39 is 5.60 Å². The molecule has 4 rings (SSSR count). The molecule has 0 unspecified atom stereocenters. The van der Waals surface area contributed by atoms with Crippen LogP contribution in [-0.4, -0.2) is 41.2 Å². The monoisotopic (exact) mass is 526 g/mol. The zero-order valence-corrected chi connectivity index (χ0v) is 23.7. The van der Waals surface area contributed by atoms with Gasteiger partial charge >= 0.3 is 12.0 Å². The van der Waals surface area contributed by atoms with Gasteiger partial charge in [-0.15, -0.1) is 0 Å². The number of aryl methyl sites for hydroxylation is 1. The molecule has 0 spiro atoms. The first-order valence-corrected chi connectivity index (χ1v) is 13.5. The minimum absolute atomic E-state index is 0.172. The highest BCUT2D eigenvalue weighted by atomic mass is 16.6. The summed E-state index contributed by atoms with van der Waals surface area (Å²) in [4.78, 5) is 31.6. The molecule has 39 heavy (non-hydrogen) atoms. The van der Waals surface area contributed by atoms with Crippen LogP contribution in [0.2, 0.25) is 0 Å². The lowest BCUT2D eigenvalue weighted by molar-refractivity contribution is 0.00704. The van der Waals surface area contributed by atoms with Gasteiger partial charge in [-0.3, -0.25) is 4.90 Å². The lowest BCUT2D eigenvalue weighted by atomic mass is 9.98. The van der Waals surface area contributed by atoms with Crippen molar-refractivity contribution < 1.29 is 14.3 Å². The zero-order chi connectivity index (χ0) is 28.2. The molecule has 0 bridgehead atoms. The van der Waals surface area contributed by atoms with Gasteiger partial charge in [0.1, 0.15) is 11.4 Å². The molecule has 0 atom stereocenters. The van der Waals surface area contributed by atoms with Gasteiger partial charge in [0.15, 0.2) is 0 Å². The van der Waals surface area contributed by atoms with Gasteiger partial charge in [-0.05, 0) is 68.1 Å². The lowest BCUT2D eigenvalue weighted by Crippen LogP contribution is -2.34. The molecule has 1 heterocycles. The first kappa shape index (κ1) is 27.9. The maximum atomic E-state index is 12.9. The molecular formula is C32H38N4O3. The second kappa shape index (κ2) is 11.7. The van der Waals surface area contributed by atoms with Crippen LogP contribution < -0.4 is 10.2 Å². The number of anilines is 1. The van der Waals surface area contributed by atoms with Crippen molar-refractivity contribution in [2.45, 2.75) is 59.1 Å². The number of imidazole rings is 1. The standard InChI is InChI=1S/C32H38N4O3/c1-7-8-13-29-34-27-19-18-24(35(6)31(38)33-5)20-28(27)36(29)21-22-14-16-23(17-15-22)25-11-9-10-12-26(25)30(37)39-32(2,3)4/h9-12,14-20H,7-8,13,21H2,1-6H3,(H,33,38). The average molecular weight is 527 g/mol. The minimum atomic E-state index is -0.563. The Kier molecular flexibility index (Phi) is 8.38. The summed E-state index contributed by atoms with van der Waals surface area (Å²) in [6, 6.07) is 21.6. The Morgan fingerprint density at radius 2 is 1.74 bits per heavy atom. The fraction of sp³-hybridized carbons (Fsp3) is 0.344. The summed E-state index contributed by atoms with van der Waals surface area (Å²) < 4.78 is 7.88. The fourth-order valence-electron chi connectivity index (χ4n) is 4.57. The van der Waals surface area contributed by atoms with Crippen molar-refractivity contribution in [2.75, 3.05) is 19.0 Å². The normalized spacial score (nSPS) is 11.4. The van der Waals surface area contributed by atoms with Crippen LogP contribution in [0.5, 0.6) is 0 Å². The molecule has 204 valence electrons. The first-order valence-electron chi connectivity index (χ1n) is 13.5. The third kappa shape index (κ3) is 6.48. The fourth-order valence-corrected chi connectivity index (χ4v) is 4.57. The van der Waals surface area contributed by atoms with E-state index in [0.717, 1.165) is 58.5 Å². The average Bonchev–Trinajstić information content (AvgIpc) is 3.26. The smallest absolute Gasteiger partial charge is 0.339 e. The predicted octanol–water partition coefficient (Wildman–Crippen LogP) is 6.83. The summed E-state index contributed by atoms with van der Waals surface area (Å²) in [5, 5.41) is 2.68. The number of carbonyl (C=O) groups is 2. The van der Waals surface area contributed by atoms with Crippen molar-refractivity contribution in [2.24, 2.45) is 0 Å². The third-order valence-corrected chi connectivity index (χ3v) is 6.62. The first-order chi connectivity index (χ1) is 18.6. The Morgan fingerprint density at radius 3 is 2.41 bits per heavy atom. The number of rotatable bonds is 8. The van der Waals surface area contributed by atoms with E-state index in [0.29, 0.717) is 12.1 Å². The largest absolute Gasteiger partial charge is 0.456 e. The molecule has 2 amide bonds. The Bertz CT molecular complexity index is 1470. The second-order valence-electron chi connectivity index (χ2n) is 10.7. The van der Waals surface area contributed by atoms with E-state index in [4.69, 9.17) is 9.72 Å². The molecule has 0 aliphatic rings. The molecule has 7 nitrogen and oxygen atoms in total. The van der Waals surface area contributed by atoms with E-state index in [-0.39, 0.29) is 12.0 Å². The van der Waals surface area contributed by atoms with E-state index in [1.54, 1.807) is 19.0 Å². The number of ether oxygens (including phenoxy) is 1. The molecule has 7 heteroatoms. The molecule has 1 aromatic heterocycles. The number of aromatic nitrogens is 2. The van der Waals surface area contributed by atoms with E-state index in [9.17, 15) is 9.59 Å². The van der Waals surface area contributed by atoms with Crippen molar-refractivity contribution >= 4 is 28.7 Å². The van der Waals surface area contributed by atoms with Crippen molar-refractivity contribution in [1.82, 2.24) is 14.9 Å². The third-order valence-electron chi connectivity index (χ3n) is 6.62. The number of benzene rings is 3. The van der Waals surface area contributed by atoms with Gasteiger partial charge in [0.05, 0.1) is 16.6 Å². The summed E-state index contributed by atoms with van der Waals surface area (Å²) in [7, 11) is 3.38. The Balaban J connectivity index is 1.67. The molecule has 4 aromatic rings. The topological polar surface area (TPSA) is 76.5 Å². The molecule has 3 aromatic carbocycles. The molecule has 1 N–H and O–H groups in total. The number of hydrogen-bond donors (Lipinski definition) is 1. The Hall–Kier alpha value is -4.13. The summed E-state index contributed by atoms with van der Waals surface area (Å²) >= 11 is 0. The highest BCUT2D eigenvalue weighted by molar-refractivity contribution is 5.97. The van der Waals surface area contributed by atoms with Gasteiger partial charge in [-0.1, -0.05) is 55.8 Å². The van der Waals surface area contributed by atoms with Gasteiger partial charge < -0.3 is 14.6 Å². The highest BCUT2D eigenvalue weighted by Crippen LogP contribution is 2.28. The summed E-state index contributed by atoms with van der Waals surface area (Å²) in [6.07, 6.45) is 3.02. The number of nitrogens with zero attached hydrogens (tertiary/aromatic N) is 3. The van der Waals surface area contributed by atoms with Gasteiger partial charge in [0.2, 0.25) is 0 Å². The Morgan fingerprint density at radius 1 is 1.03 bits per heavy atom. The number of carbonyl (C=O) groups excluding carboxylic acids is 2. The van der Waals surface area contributed by atoms with Gasteiger partial charge in [-0.25, -0.2) is 14.6 Å². The number of nitrogens with one attached hydrogen (secondary N) is 1. The van der Waals surface area contributed by atoms with Crippen LogP contribution in [0.3, 0.4) is 0 Å². The van der Waals surface area contributed by atoms with Crippen molar-refractivity contribution in [3.8, 4) is 11.1 Å². The summed E-state index contributed by atoms with van der Waals surface area (Å²) in [5.41, 5.74) is 5.62. The number of hydrogen-bond acceptors (Lipinski definition) is 4. The summed E-state index contributed by atoms with van der Waals surface area (Å²) in [5.74, 6) is 0.705. The van der Waals surface area contributed by atoms with Crippen LogP contribution in [0.15, 0.2) is 66.7 Å². The molecule has 0 saturated heterocycles. The summed E-state index contributed by atoms with van der Waals surface area (Å²) in [6.45, 7) is 8.44. The van der Waals surface area contributed by atoms with Gasteiger partial charge in [0.25, 0.3) is 0 Å². The molecule has 0 saturated carbocycles. The number of unbranched alkanes of at least 4 members (excludes halogenated alkanes) is 1. The predicted molar refractivity (Wildman–Crippen MR) is 157 cm³/mol. The maximum Gasteiger partial charge on any atom is 0.339 e. The van der Waals surface area contributed by atoms with Crippen molar-refractivity contribution in [1.29, 1.82) is 0 Å². The van der Waals surface area contributed by atoms with Crippen LogP contribution in [0, 0.1) is 0 Å². The van der Waals surface area contributed by atoms with Crippen molar-refractivity contribution in [3.05, 3.63) is 83.7 Å². The van der Waals surface area contributed by atoms with E-state index in [1.807, 2.05) is 75.4 Å². The molecule has 0 aliphatic carbocycles. The number of esters is 1. The number of fused-ring (bicyclic) bond motifs is 1.